The van der Waals surface area contributed by atoms with Crippen LogP contribution in [0.5, 0.6) is 0 Å². The van der Waals surface area contributed by atoms with E-state index in [0.717, 1.165) is 0 Å². The van der Waals surface area contributed by atoms with E-state index in [-0.39, 0.29) is 5.91 Å². The van der Waals surface area contributed by atoms with E-state index in [2.05, 4.69) is 5.32 Å². The van der Waals surface area contributed by atoms with Gasteiger partial charge in [0.25, 0.3) is 0 Å². The number of halogens is 1. The highest BCUT2D eigenvalue weighted by atomic mass is 35.5. The Morgan fingerprint density at radius 3 is 2.69 bits per heavy atom. The number of anilines is 1. The van der Waals surface area contributed by atoms with Gasteiger partial charge in [0.2, 0.25) is 5.91 Å². The van der Waals surface area contributed by atoms with E-state index in [9.17, 15) is 9.59 Å². The predicted molar refractivity (Wildman–Crippen MR) is 59.3 cm³/mol. The molecule has 4 nitrogen and oxygen atoms in total. The summed E-state index contributed by atoms with van der Waals surface area (Å²) in [5.74, 6) is -2.10. The summed E-state index contributed by atoms with van der Waals surface area (Å²) in [7, 11) is 0. The van der Waals surface area contributed by atoms with Crippen LogP contribution in [0.4, 0.5) is 5.69 Å². The van der Waals surface area contributed by atoms with E-state index in [4.69, 9.17) is 16.7 Å². The third-order valence-electron chi connectivity index (χ3n) is 2.54. The van der Waals surface area contributed by atoms with Gasteiger partial charge in [-0.05, 0) is 24.6 Å². The van der Waals surface area contributed by atoms with Gasteiger partial charge < -0.3 is 10.4 Å². The molecule has 0 heterocycles. The maximum Gasteiger partial charge on any atom is 0.307 e. The topological polar surface area (TPSA) is 66.4 Å². The average Bonchev–Trinajstić information content (AvgIpc) is 2.96. The van der Waals surface area contributed by atoms with Crippen molar-refractivity contribution in [3.63, 3.8) is 0 Å². The molecule has 16 heavy (non-hydrogen) atoms. The average molecular weight is 240 g/mol. The summed E-state index contributed by atoms with van der Waals surface area (Å²) in [5.41, 5.74) is 0.591. The quantitative estimate of drug-likeness (QED) is 0.848. The summed E-state index contributed by atoms with van der Waals surface area (Å²) in [4.78, 5) is 22.2. The molecule has 1 aliphatic carbocycles. The molecule has 2 atom stereocenters. The van der Waals surface area contributed by atoms with Crippen molar-refractivity contribution in [1.29, 1.82) is 0 Å². The number of aliphatic carboxylic acids is 1. The lowest BCUT2D eigenvalue weighted by atomic mass is 10.2. The Morgan fingerprint density at radius 1 is 1.38 bits per heavy atom. The molecule has 0 saturated heterocycles. The molecule has 0 aromatic heterocycles. The van der Waals surface area contributed by atoms with Gasteiger partial charge >= 0.3 is 5.97 Å². The van der Waals surface area contributed by atoms with Gasteiger partial charge in [-0.2, -0.15) is 0 Å². The Kier molecular flexibility index (Phi) is 2.83. The highest BCUT2D eigenvalue weighted by molar-refractivity contribution is 6.30. The molecule has 0 spiro atoms. The van der Waals surface area contributed by atoms with Gasteiger partial charge in [0, 0.05) is 10.7 Å². The first-order valence-electron chi connectivity index (χ1n) is 4.87. The van der Waals surface area contributed by atoms with Gasteiger partial charge in [0.1, 0.15) is 0 Å². The summed E-state index contributed by atoms with van der Waals surface area (Å²) >= 11 is 5.76. The van der Waals surface area contributed by atoms with E-state index in [0.29, 0.717) is 17.1 Å². The SMILES string of the molecule is O=C(O)[C@H]1C[C@H]1C(=O)Nc1cccc(Cl)c1. The minimum Gasteiger partial charge on any atom is -0.481 e. The van der Waals surface area contributed by atoms with Crippen molar-refractivity contribution in [1.82, 2.24) is 0 Å². The van der Waals surface area contributed by atoms with Crippen LogP contribution in [0.15, 0.2) is 24.3 Å². The Labute approximate surface area is 97.2 Å². The molecular weight excluding hydrogens is 230 g/mol. The van der Waals surface area contributed by atoms with Crippen molar-refractivity contribution in [2.45, 2.75) is 6.42 Å². The van der Waals surface area contributed by atoms with E-state index >= 15 is 0 Å². The van der Waals surface area contributed by atoms with E-state index in [1.54, 1.807) is 24.3 Å². The van der Waals surface area contributed by atoms with E-state index < -0.39 is 17.8 Å². The third-order valence-corrected chi connectivity index (χ3v) is 2.77. The fourth-order valence-corrected chi connectivity index (χ4v) is 1.75. The second-order valence-corrected chi connectivity index (χ2v) is 4.22. The maximum absolute atomic E-state index is 11.6. The van der Waals surface area contributed by atoms with Crippen LogP contribution in [0.2, 0.25) is 5.02 Å². The number of hydrogen-bond acceptors (Lipinski definition) is 2. The standard InChI is InChI=1S/C11H10ClNO3/c12-6-2-1-3-7(4-6)13-10(14)8-5-9(8)11(15)16/h1-4,8-9H,5H2,(H,13,14)(H,15,16)/t8-,9+/m1/s1. The highest BCUT2D eigenvalue weighted by Gasteiger charge is 2.48. The molecule has 1 aromatic rings. The number of nitrogens with one attached hydrogen (secondary N) is 1. The molecule has 1 aromatic carbocycles. The zero-order valence-corrected chi connectivity index (χ0v) is 9.07. The van der Waals surface area contributed by atoms with Crippen molar-refractivity contribution in [2.24, 2.45) is 11.8 Å². The van der Waals surface area contributed by atoms with Gasteiger partial charge in [-0.3, -0.25) is 9.59 Å². The third kappa shape index (κ3) is 2.33. The highest BCUT2D eigenvalue weighted by Crippen LogP contribution is 2.39. The van der Waals surface area contributed by atoms with E-state index in [1.165, 1.54) is 0 Å². The van der Waals surface area contributed by atoms with Crippen LogP contribution in [0, 0.1) is 11.8 Å². The Balaban J connectivity index is 1.96. The number of hydrogen-bond donors (Lipinski definition) is 2. The molecule has 0 aliphatic heterocycles. The number of amides is 1. The number of carbonyl (C=O) groups excluding carboxylic acids is 1. The Morgan fingerprint density at radius 2 is 2.12 bits per heavy atom. The largest absolute Gasteiger partial charge is 0.481 e. The van der Waals surface area contributed by atoms with Gasteiger partial charge in [0.05, 0.1) is 11.8 Å². The number of rotatable bonds is 3. The van der Waals surface area contributed by atoms with Crippen molar-refractivity contribution < 1.29 is 14.7 Å². The fraction of sp³-hybridized carbons (Fsp3) is 0.273. The monoisotopic (exact) mass is 239 g/mol. The number of carboxylic acids is 1. The predicted octanol–water partition coefficient (Wildman–Crippen LogP) is 2.00. The molecule has 1 aliphatic rings. The normalized spacial score (nSPS) is 22.6. The summed E-state index contributed by atoms with van der Waals surface area (Å²) in [5, 5.41) is 11.9. The number of carbonyl (C=O) groups is 2. The smallest absolute Gasteiger partial charge is 0.307 e. The zero-order chi connectivity index (χ0) is 11.7. The molecule has 0 radical (unpaired) electrons. The summed E-state index contributed by atoms with van der Waals surface area (Å²) in [6.07, 6.45) is 0.418. The first-order valence-corrected chi connectivity index (χ1v) is 5.25. The van der Waals surface area contributed by atoms with Crippen molar-refractivity contribution >= 4 is 29.2 Å². The summed E-state index contributed by atoms with van der Waals surface area (Å²) in [6.45, 7) is 0. The molecule has 2 N–H and O–H groups in total. The summed E-state index contributed by atoms with van der Waals surface area (Å²) in [6, 6.07) is 6.76. The molecule has 0 unspecified atom stereocenters. The van der Waals surface area contributed by atoms with Gasteiger partial charge in [0.15, 0.2) is 0 Å². The van der Waals surface area contributed by atoms with Gasteiger partial charge in [-0.1, -0.05) is 17.7 Å². The van der Waals surface area contributed by atoms with Crippen molar-refractivity contribution in [3.8, 4) is 0 Å². The first kappa shape index (κ1) is 11.0. The van der Waals surface area contributed by atoms with Crippen LogP contribution in [-0.4, -0.2) is 17.0 Å². The lowest BCUT2D eigenvalue weighted by Crippen LogP contribution is -2.16. The van der Waals surface area contributed by atoms with Crippen LogP contribution in [0.3, 0.4) is 0 Å². The minimum absolute atomic E-state index is 0.255. The molecule has 1 saturated carbocycles. The van der Waals surface area contributed by atoms with Crippen LogP contribution >= 0.6 is 11.6 Å². The van der Waals surface area contributed by atoms with Crippen molar-refractivity contribution in [2.75, 3.05) is 5.32 Å². The van der Waals surface area contributed by atoms with Crippen LogP contribution in [0.25, 0.3) is 0 Å². The molecule has 2 rings (SSSR count). The zero-order valence-electron chi connectivity index (χ0n) is 8.31. The molecule has 1 fully saturated rings. The van der Waals surface area contributed by atoms with Crippen molar-refractivity contribution in [3.05, 3.63) is 29.3 Å². The lowest BCUT2D eigenvalue weighted by Gasteiger charge is -2.04. The summed E-state index contributed by atoms with van der Waals surface area (Å²) < 4.78 is 0. The molecule has 1 amide bonds. The lowest BCUT2D eigenvalue weighted by molar-refractivity contribution is -0.139. The van der Waals surface area contributed by atoms with E-state index in [1.807, 2.05) is 0 Å². The van der Waals surface area contributed by atoms with Crippen LogP contribution in [0.1, 0.15) is 6.42 Å². The molecule has 84 valence electrons. The molecule has 0 bridgehead atoms. The van der Waals surface area contributed by atoms with Crippen LogP contribution < -0.4 is 5.32 Å². The van der Waals surface area contributed by atoms with Gasteiger partial charge in [-0.25, -0.2) is 0 Å². The minimum atomic E-state index is -0.911. The van der Waals surface area contributed by atoms with Gasteiger partial charge in [-0.15, -0.1) is 0 Å². The second-order valence-electron chi connectivity index (χ2n) is 3.79. The fourth-order valence-electron chi connectivity index (χ4n) is 1.56. The first-order chi connectivity index (χ1) is 7.58. The number of benzene rings is 1. The Bertz CT molecular complexity index is 447. The Hall–Kier alpha value is -1.55. The molecular formula is C11H10ClNO3. The second kappa shape index (κ2) is 4.14. The maximum atomic E-state index is 11.6. The van der Waals surface area contributed by atoms with Crippen LogP contribution in [-0.2, 0) is 9.59 Å². The number of carboxylic acid groups (broad SMARTS) is 1. The molecule has 5 heteroatoms.